The highest BCUT2D eigenvalue weighted by Crippen LogP contribution is 2.48. The van der Waals surface area contributed by atoms with Crippen molar-refractivity contribution in [1.29, 1.82) is 0 Å². The van der Waals surface area contributed by atoms with E-state index < -0.39 is 11.2 Å². The molecule has 2 aliphatic rings. The minimum atomic E-state index is -1.67. The van der Waals surface area contributed by atoms with Gasteiger partial charge in [0.2, 0.25) is 0 Å². The molecule has 1 saturated carbocycles. The molecule has 8 nitrogen and oxygen atoms in total. The second-order valence-corrected chi connectivity index (χ2v) is 13.4. The Labute approximate surface area is 258 Å². The Balaban J connectivity index is 1.75. The Bertz CT molecular complexity index is 1480. The SMILES string of the molecule is CCCC(CC)c1c2n(C3CCCC3)c3cc(ccc13)C(=O)NS(=O)N(C)CCCCN(C)C(=O)COc1ccccc1-2. The van der Waals surface area contributed by atoms with Crippen molar-refractivity contribution < 1.29 is 18.5 Å². The van der Waals surface area contributed by atoms with Crippen LogP contribution in [0.3, 0.4) is 0 Å². The van der Waals surface area contributed by atoms with Crippen LogP contribution in [-0.2, 0) is 16.0 Å². The standard InChI is InChI=1S/C34H46N4O4S/c1-5-13-24(6-2)32-27-19-18-25-22-29(27)38(26-14-7-8-15-26)33(32)28-16-9-10-17-30(28)42-23-31(39)36(3)20-11-12-21-37(4)43(41)35-34(25)40/h9-10,16-19,22,24,26H,5-8,11-15,20-21,23H2,1-4H3,(H,35,40). The Morgan fingerprint density at radius 3 is 2.49 bits per heavy atom. The average Bonchev–Trinajstić information content (AvgIpc) is 3.66. The second-order valence-electron chi connectivity index (χ2n) is 12.0. The van der Waals surface area contributed by atoms with E-state index in [-0.39, 0.29) is 18.4 Å². The van der Waals surface area contributed by atoms with Crippen LogP contribution in [0.5, 0.6) is 5.75 Å². The predicted octanol–water partition coefficient (Wildman–Crippen LogP) is 6.59. The van der Waals surface area contributed by atoms with Crippen LogP contribution in [0.4, 0.5) is 0 Å². The van der Waals surface area contributed by atoms with E-state index in [0.717, 1.165) is 79.9 Å². The van der Waals surface area contributed by atoms with Crippen LogP contribution in [0, 0.1) is 0 Å². The van der Waals surface area contributed by atoms with E-state index in [1.165, 1.54) is 5.56 Å². The van der Waals surface area contributed by atoms with Crippen LogP contribution >= 0.6 is 0 Å². The van der Waals surface area contributed by atoms with Crippen molar-refractivity contribution in [2.75, 3.05) is 33.8 Å². The van der Waals surface area contributed by atoms with E-state index >= 15 is 0 Å². The molecule has 9 heteroatoms. The van der Waals surface area contributed by atoms with Gasteiger partial charge in [0.1, 0.15) is 5.75 Å². The van der Waals surface area contributed by atoms with Gasteiger partial charge in [-0.25, -0.2) is 8.51 Å². The molecule has 2 unspecified atom stereocenters. The monoisotopic (exact) mass is 606 g/mol. The molecule has 2 atom stereocenters. The molecule has 1 N–H and O–H groups in total. The van der Waals surface area contributed by atoms with Crippen LogP contribution in [0.25, 0.3) is 22.2 Å². The highest BCUT2D eigenvalue weighted by Gasteiger charge is 2.31. The zero-order chi connectivity index (χ0) is 30.5. The summed E-state index contributed by atoms with van der Waals surface area (Å²) in [4.78, 5) is 28.3. The second kappa shape index (κ2) is 14.1. The van der Waals surface area contributed by atoms with Crippen LogP contribution < -0.4 is 9.46 Å². The Morgan fingerprint density at radius 2 is 1.74 bits per heavy atom. The molecular weight excluding hydrogens is 560 g/mol. The number of fused-ring (bicyclic) bond motifs is 4. The summed E-state index contributed by atoms with van der Waals surface area (Å²) in [5, 5.41) is 1.15. The lowest BCUT2D eigenvalue weighted by molar-refractivity contribution is -0.132. The van der Waals surface area contributed by atoms with Gasteiger partial charge in [0.25, 0.3) is 11.8 Å². The Kier molecular flexibility index (Phi) is 10.2. The number of amides is 2. The molecule has 0 spiro atoms. The summed E-state index contributed by atoms with van der Waals surface area (Å²) in [6, 6.07) is 14.3. The molecule has 1 fully saturated rings. The van der Waals surface area contributed by atoms with Crippen molar-refractivity contribution in [3.63, 3.8) is 0 Å². The number of para-hydroxylation sites is 1. The van der Waals surface area contributed by atoms with Gasteiger partial charge in [-0.15, -0.1) is 0 Å². The lowest BCUT2D eigenvalue weighted by atomic mass is 9.87. The summed E-state index contributed by atoms with van der Waals surface area (Å²) in [6.07, 6.45) is 9.05. The molecule has 3 aromatic rings. The van der Waals surface area contributed by atoms with Crippen LogP contribution in [0.1, 0.15) is 99.5 Å². The van der Waals surface area contributed by atoms with Crippen LogP contribution in [0.2, 0.25) is 0 Å². The van der Waals surface area contributed by atoms with Gasteiger partial charge in [-0.2, -0.15) is 0 Å². The molecule has 232 valence electrons. The molecule has 2 heterocycles. The number of rotatable bonds is 5. The summed E-state index contributed by atoms with van der Waals surface area (Å²) < 4.78 is 26.2. The first-order valence-corrected chi connectivity index (χ1v) is 17.0. The maximum absolute atomic E-state index is 13.4. The fraction of sp³-hybridized carbons (Fsp3) is 0.529. The highest BCUT2D eigenvalue weighted by atomic mass is 32.2. The third kappa shape index (κ3) is 6.68. The summed E-state index contributed by atoms with van der Waals surface area (Å²) >= 11 is -1.67. The van der Waals surface area contributed by atoms with E-state index in [1.54, 1.807) is 23.3 Å². The number of carbonyl (C=O) groups is 2. The van der Waals surface area contributed by atoms with E-state index in [4.69, 9.17) is 4.74 Å². The van der Waals surface area contributed by atoms with Crippen molar-refractivity contribution in [1.82, 2.24) is 18.5 Å². The van der Waals surface area contributed by atoms with E-state index in [1.807, 2.05) is 30.3 Å². The average molecular weight is 607 g/mol. The first kappa shape index (κ1) is 31.3. The lowest BCUT2D eigenvalue weighted by Crippen LogP contribution is -2.37. The number of nitrogens with one attached hydrogen (secondary N) is 1. The van der Waals surface area contributed by atoms with Crippen molar-refractivity contribution in [3.05, 3.63) is 53.6 Å². The van der Waals surface area contributed by atoms with Crippen molar-refractivity contribution in [2.45, 2.75) is 83.6 Å². The lowest BCUT2D eigenvalue weighted by Gasteiger charge is -2.23. The van der Waals surface area contributed by atoms with Gasteiger partial charge in [0.05, 0.1) is 5.69 Å². The smallest absolute Gasteiger partial charge is 0.264 e. The number of carbonyl (C=O) groups excluding carboxylic acids is 2. The maximum Gasteiger partial charge on any atom is 0.264 e. The fourth-order valence-electron chi connectivity index (χ4n) is 6.75. The molecule has 0 saturated heterocycles. The van der Waals surface area contributed by atoms with Crippen molar-refractivity contribution in [3.8, 4) is 17.0 Å². The molecule has 2 aromatic carbocycles. The summed E-state index contributed by atoms with van der Waals surface area (Å²) in [5.74, 6) is 0.606. The number of hydrogen-bond donors (Lipinski definition) is 1. The van der Waals surface area contributed by atoms with Gasteiger partial charge in [-0.05, 0) is 74.3 Å². The van der Waals surface area contributed by atoms with Gasteiger partial charge < -0.3 is 14.2 Å². The van der Waals surface area contributed by atoms with Crippen LogP contribution in [0.15, 0.2) is 42.5 Å². The quantitative estimate of drug-likeness (QED) is 0.355. The molecular formula is C34H46N4O4S. The van der Waals surface area contributed by atoms with E-state index in [2.05, 4.69) is 35.3 Å². The van der Waals surface area contributed by atoms with Crippen molar-refractivity contribution in [2.24, 2.45) is 0 Å². The summed E-state index contributed by atoms with van der Waals surface area (Å²) in [5.41, 5.74) is 4.94. The summed E-state index contributed by atoms with van der Waals surface area (Å²) in [6.45, 7) is 5.55. The highest BCUT2D eigenvalue weighted by molar-refractivity contribution is 7.81. The molecule has 0 radical (unpaired) electrons. The topological polar surface area (TPSA) is 83.9 Å². The third-order valence-corrected chi connectivity index (χ3v) is 10.2. The maximum atomic E-state index is 13.4. The number of nitrogens with zero attached hydrogens (tertiary/aromatic N) is 3. The van der Waals surface area contributed by atoms with Gasteiger partial charge in [-0.1, -0.05) is 51.3 Å². The molecule has 3 bridgehead atoms. The van der Waals surface area contributed by atoms with E-state index in [9.17, 15) is 13.8 Å². The number of hydrogen-bond acceptors (Lipinski definition) is 4. The summed E-state index contributed by atoms with van der Waals surface area (Å²) in [7, 11) is 3.54. The van der Waals surface area contributed by atoms with Gasteiger partial charge in [-0.3, -0.25) is 14.3 Å². The largest absolute Gasteiger partial charge is 0.483 e. The first-order valence-electron chi connectivity index (χ1n) is 15.9. The number of benzene rings is 2. The first-order chi connectivity index (χ1) is 20.8. The molecule has 5 rings (SSSR count). The Hall–Kier alpha value is -3.17. The molecule has 1 aliphatic heterocycles. The Morgan fingerprint density at radius 1 is 1.00 bits per heavy atom. The van der Waals surface area contributed by atoms with E-state index in [0.29, 0.717) is 36.4 Å². The molecule has 1 aliphatic carbocycles. The van der Waals surface area contributed by atoms with Gasteiger partial charge >= 0.3 is 0 Å². The normalized spacial score (nSPS) is 20.5. The molecule has 43 heavy (non-hydrogen) atoms. The fourth-order valence-corrected chi connectivity index (χ4v) is 7.48. The van der Waals surface area contributed by atoms with Crippen LogP contribution in [-0.4, -0.2) is 63.6 Å². The van der Waals surface area contributed by atoms with Gasteiger partial charge in [0, 0.05) is 55.3 Å². The molecule has 2 amide bonds. The number of aromatic nitrogens is 1. The number of ether oxygens (including phenoxy) is 1. The third-order valence-electron chi connectivity index (χ3n) is 9.13. The zero-order valence-electron chi connectivity index (χ0n) is 26.1. The zero-order valence-corrected chi connectivity index (χ0v) is 26.9. The molecule has 1 aromatic heterocycles. The van der Waals surface area contributed by atoms with Crippen molar-refractivity contribution >= 4 is 33.9 Å². The number of likely N-dealkylation sites (N-methyl/N-ethyl adjacent to an activating group) is 1. The van der Waals surface area contributed by atoms with Gasteiger partial charge in [0.15, 0.2) is 17.8 Å². The minimum absolute atomic E-state index is 0.0365. The minimum Gasteiger partial charge on any atom is -0.483 e. The predicted molar refractivity (Wildman–Crippen MR) is 173 cm³/mol.